The van der Waals surface area contributed by atoms with E-state index in [4.69, 9.17) is 4.74 Å². The third kappa shape index (κ3) is 4.86. The van der Waals surface area contributed by atoms with Crippen molar-refractivity contribution in [2.24, 2.45) is 0 Å². The van der Waals surface area contributed by atoms with Crippen molar-refractivity contribution in [1.82, 2.24) is 14.8 Å². The van der Waals surface area contributed by atoms with E-state index in [1.165, 1.54) is 22.3 Å². The molecule has 0 spiro atoms. The van der Waals surface area contributed by atoms with E-state index in [-0.39, 0.29) is 0 Å². The van der Waals surface area contributed by atoms with Crippen molar-refractivity contribution in [3.05, 3.63) is 108 Å². The number of benzene rings is 1. The van der Waals surface area contributed by atoms with Crippen LogP contribution in [-0.2, 0) is 6.54 Å². The Morgan fingerprint density at radius 2 is 1.82 bits per heavy atom. The van der Waals surface area contributed by atoms with E-state index in [1.807, 2.05) is 16.8 Å². The first-order chi connectivity index (χ1) is 13.9. The third-order valence-electron chi connectivity index (χ3n) is 4.64. The second-order valence-corrected chi connectivity index (χ2v) is 6.76. The molecule has 4 heteroatoms. The summed E-state index contributed by atoms with van der Waals surface area (Å²) in [6.07, 6.45) is 24.4. The number of ether oxygens (including phenoxy) is 1. The minimum absolute atomic E-state index is 0.580. The van der Waals surface area contributed by atoms with Crippen LogP contribution in [0, 0.1) is 0 Å². The lowest BCUT2D eigenvalue weighted by Gasteiger charge is -2.10. The van der Waals surface area contributed by atoms with Crippen LogP contribution in [0.2, 0.25) is 0 Å². The molecule has 0 aliphatic heterocycles. The molecule has 0 saturated heterocycles. The number of aromatic nitrogens is 3. The van der Waals surface area contributed by atoms with Crippen LogP contribution < -0.4 is 4.74 Å². The number of allylic oxidation sites excluding steroid dienone is 10. The van der Waals surface area contributed by atoms with Crippen LogP contribution in [0.5, 0.6) is 5.75 Å². The highest BCUT2D eigenvalue weighted by Crippen LogP contribution is 2.26. The van der Waals surface area contributed by atoms with E-state index in [2.05, 4.69) is 76.9 Å². The quantitative estimate of drug-likeness (QED) is 0.714. The molecular weight excluding hydrogens is 346 g/mol. The standard InChI is InChI=1S/C24H23N3O/c1-2-4-8-20(7-3-1)17-28-24-13-11-22(12-14-24)23-10-6-5-9-21(15-23)16-27-19-25-18-26-27/h1,3-9,11-15,18-19H,2,10,16-17H2. The number of nitrogens with zero attached hydrogens (tertiary/aromatic N) is 3. The fraction of sp³-hybridized carbons (Fsp3) is 0.167. The van der Waals surface area contributed by atoms with Crippen molar-refractivity contribution >= 4 is 5.57 Å². The Labute approximate surface area is 165 Å². The molecule has 0 unspecified atom stereocenters. The summed E-state index contributed by atoms with van der Waals surface area (Å²) in [4.78, 5) is 4.01. The molecule has 2 aliphatic carbocycles. The van der Waals surface area contributed by atoms with E-state index in [9.17, 15) is 0 Å². The summed E-state index contributed by atoms with van der Waals surface area (Å²) in [5, 5.41) is 4.20. The van der Waals surface area contributed by atoms with Crippen molar-refractivity contribution in [2.75, 3.05) is 6.61 Å². The molecule has 1 heterocycles. The van der Waals surface area contributed by atoms with Gasteiger partial charge in [0.25, 0.3) is 0 Å². The molecule has 0 radical (unpaired) electrons. The van der Waals surface area contributed by atoms with Gasteiger partial charge in [0.15, 0.2) is 0 Å². The molecule has 2 aliphatic rings. The Morgan fingerprint density at radius 3 is 2.68 bits per heavy atom. The summed E-state index contributed by atoms with van der Waals surface area (Å²) >= 11 is 0. The lowest BCUT2D eigenvalue weighted by molar-refractivity contribution is 0.355. The Bertz CT molecular complexity index is 971. The monoisotopic (exact) mass is 369 g/mol. The van der Waals surface area contributed by atoms with Crippen LogP contribution >= 0.6 is 0 Å². The van der Waals surface area contributed by atoms with Crippen LogP contribution in [0.25, 0.3) is 5.57 Å². The van der Waals surface area contributed by atoms with Gasteiger partial charge in [0.2, 0.25) is 0 Å². The van der Waals surface area contributed by atoms with Crippen LogP contribution in [0.3, 0.4) is 0 Å². The predicted octanol–water partition coefficient (Wildman–Crippen LogP) is 5.07. The highest BCUT2D eigenvalue weighted by atomic mass is 16.5. The van der Waals surface area contributed by atoms with Crippen molar-refractivity contribution < 1.29 is 4.74 Å². The van der Waals surface area contributed by atoms with Crippen LogP contribution in [0.15, 0.2) is 103 Å². The van der Waals surface area contributed by atoms with Gasteiger partial charge in [-0.05, 0) is 47.3 Å². The smallest absolute Gasteiger partial charge is 0.137 e. The Balaban J connectivity index is 1.43. The summed E-state index contributed by atoms with van der Waals surface area (Å²) in [5.74, 6) is 0.884. The highest BCUT2D eigenvalue weighted by molar-refractivity contribution is 5.70. The van der Waals surface area contributed by atoms with Crippen LogP contribution in [0.4, 0.5) is 0 Å². The molecule has 2 aromatic rings. The van der Waals surface area contributed by atoms with Crippen molar-refractivity contribution in [2.45, 2.75) is 19.4 Å². The molecule has 4 nitrogen and oxygen atoms in total. The second kappa shape index (κ2) is 9.00. The molecule has 1 aromatic heterocycles. The minimum Gasteiger partial charge on any atom is -0.489 e. The Morgan fingerprint density at radius 1 is 0.964 bits per heavy atom. The highest BCUT2D eigenvalue weighted by Gasteiger charge is 2.06. The maximum absolute atomic E-state index is 5.94. The SMILES string of the molecule is C1=CCC=CC(COc2ccc(C3=CC(Cn4cncn4)=CC=CC3)cc2)=C1. The van der Waals surface area contributed by atoms with Gasteiger partial charge in [-0.15, -0.1) is 0 Å². The zero-order valence-corrected chi connectivity index (χ0v) is 15.7. The molecule has 140 valence electrons. The second-order valence-electron chi connectivity index (χ2n) is 6.76. The zero-order valence-electron chi connectivity index (χ0n) is 15.7. The molecule has 0 saturated carbocycles. The maximum Gasteiger partial charge on any atom is 0.137 e. The molecule has 4 rings (SSSR count). The fourth-order valence-corrected chi connectivity index (χ4v) is 3.17. The number of rotatable bonds is 6. The van der Waals surface area contributed by atoms with Gasteiger partial charge < -0.3 is 4.74 Å². The topological polar surface area (TPSA) is 39.9 Å². The van der Waals surface area contributed by atoms with Gasteiger partial charge in [0.05, 0.1) is 6.54 Å². The summed E-state index contributed by atoms with van der Waals surface area (Å²) in [6, 6.07) is 8.35. The molecule has 28 heavy (non-hydrogen) atoms. The van der Waals surface area contributed by atoms with E-state index < -0.39 is 0 Å². The van der Waals surface area contributed by atoms with Crippen molar-refractivity contribution in [3.8, 4) is 5.75 Å². The van der Waals surface area contributed by atoms with E-state index >= 15 is 0 Å². The van der Waals surface area contributed by atoms with Gasteiger partial charge in [-0.3, -0.25) is 0 Å². The van der Waals surface area contributed by atoms with Gasteiger partial charge in [-0.2, -0.15) is 5.10 Å². The molecule has 0 fully saturated rings. The van der Waals surface area contributed by atoms with E-state index in [1.54, 1.807) is 12.7 Å². The average molecular weight is 369 g/mol. The number of hydrogen-bond acceptors (Lipinski definition) is 3. The molecular formula is C24H23N3O. The predicted molar refractivity (Wildman–Crippen MR) is 113 cm³/mol. The minimum atomic E-state index is 0.580. The Kier molecular flexibility index (Phi) is 5.78. The lowest BCUT2D eigenvalue weighted by atomic mass is 10.0. The normalized spacial score (nSPS) is 16.1. The first-order valence-corrected chi connectivity index (χ1v) is 9.51. The van der Waals surface area contributed by atoms with Crippen LogP contribution in [-0.4, -0.2) is 21.4 Å². The van der Waals surface area contributed by atoms with E-state index in [0.717, 1.165) is 18.6 Å². The van der Waals surface area contributed by atoms with Crippen LogP contribution in [0.1, 0.15) is 18.4 Å². The average Bonchev–Trinajstić information content (AvgIpc) is 2.95. The van der Waals surface area contributed by atoms with Gasteiger partial charge in [0.1, 0.15) is 25.0 Å². The molecule has 0 atom stereocenters. The third-order valence-corrected chi connectivity index (χ3v) is 4.64. The van der Waals surface area contributed by atoms with Gasteiger partial charge in [-0.25, -0.2) is 9.67 Å². The van der Waals surface area contributed by atoms with Crippen molar-refractivity contribution in [1.29, 1.82) is 0 Å². The van der Waals surface area contributed by atoms with E-state index in [0.29, 0.717) is 13.2 Å². The fourth-order valence-electron chi connectivity index (χ4n) is 3.17. The zero-order chi connectivity index (χ0) is 19.0. The Hall–Kier alpha value is -3.40. The largest absolute Gasteiger partial charge is 0.489 e. The van der Waals surface area contributed by atoms with Gasteiger partial charge in [-0.1, -0.05) is 66.8 Å². The van der Waals surface area contributed by atoms with Gasteiger partial charge >= 0.3 is 0 Å². The first-order valence-electron chi connectivity index (χ1n) is 9.51. The molecule has 1 aromatic carbocycles. The van der Waals surface area contributed by atoms with Crippen molar-refractivity contribution in [3.63, 3.8) is 0 Å². The summed E-state index contributed by atoms with van der Waals surface area (Å²) in [6.45, 7) is 1.29. The summed E-state index contributed by atoms with van der Waals surface area (Å²) in [5.41, 5.74) is 4.87. The number of hydrogen-bond donors (Lipinski definition) is 0. The lowest BCUT2D eigenvalue weighted by Crippen LogP contribution is -2.00. The first kappa shape index (κ1) is 18.0. The molecule has 0 bridgehead atoms. The maximum atomic E-state index is 5.94. The summed E-state index contributed by atoms with van der Waals surface area (Å²) in [7, 11) is 0. The summed E-state index contributed by atoms with van der Waals surface area (Å²) < 4.78 is 7.78. The van der Waals surface area contributed by atoms with Gasteiger partial charge in [0, 0.05) is 0 Å². The molecule has 0 N–H and O–H groups in total. The molecule has 0 amide bonds.